The van der Waals surface area contributed by atoms with Crippen molar-refractivity contribution in [3.05, 3.63) is 77.6 Å². The van der Waals surface area contributed by atoms with Gasteiger partial charge in [-0.2, -0.15) is 0 Å². The number of nitrogens with one attached hydrogen (secondary N) is 1. The number of azide groups is 1. The van der Waals surface area contributed by atoms with Gasteiger partial charge in [0.25, 0.3) is 5.56 Å². The SMILES string of the molecule is [N-]=[N+]=N[C@]1(COP2(=O)OCC[C@@H](c3ccc(Br)cc3F)O2)OC(n2ccc(=O)[nH]c2=O)[C@H](O)[C@@H]1O. The van der Waals surface area contributed by atoms with Crippen LogP contribution in [0.5, 0.6) is 0 Å². The lowest BCUT2D eigenvalue weighted by Gasteiger charge is -2.32. The highest BCUT2D eigenvalue weighted by Crippen LogP contribution is 2.58. The molecule has 2 aliphatic rings. The molecule has 2 aromatic rings. The number of hydrogen-bond acceptors (Lipinski definition) is 10. The van der Waals surface area contributed by atoms with Crippen molar-refractivity contribution in [3.63, 3.8) is 0 Å². The number of aliphatic hydroxyl groups excluding tert-OH is 2. The molecule has 0 saturated carbocycles. The molecule has 17 heteroatoms. The van der Waals surface area contributed by atoms with Crippen LogP contribution in [-0.4, -0.2) is 50.9 Å². The zero-order valence-electron chi connectivity index (χ0n) is 17.6. The Balaban J connectivity index is 1.56. The molecule has 0 amide bonds. The van der Waals surface area contributed by atoms with Crippen LogP contribution < -0.4 is 11.2 Å². The van der Waals surface area contributed by atoms with Gasteiger partial charge in [0, 0.05) is 33.6 Å². The topological polar surface area (TPSA) is 198 Å². The second-order valence-electron chi connectivity index (χ2n) is 7.60. The van der Waals surface area contributed by atoms with E-state index in [1.165, 1.54) is 12.1 Å². The van der Waals surface area contributed by atoms with Gasteiger partial charge in [0.2, 0.25) is 5.72 Å². The smallest absolute Gasteiger partial charge is 0.387 e. The van der Waals surface area contributed by atoms with Crippen LogP contribution in [0.15, 0.2) is 49.6 Å². The first-order valence-electron chi connectivity index (χ1n) is 10.0. The van der Waals surface area contributed by atoms with Gasteiger partial charge in [-0.1, -0.05) is 27.1 Å². The molecule has 2 saturated heterocycles. The predicted molar refractivity (Wildman–Crippen MR) is 117 cm³/mol. The second kappa shape index (κ2) is 9.93. The molecule has 188 valence electrons. The first kappa shape index (κ1) is 25.7. The summed E-state index contributed by atoms with van der Waals surface area (Å²) < 4.78 is 50.0. The van der Waals surface area contributed by atoms with Crippen LogP contribution in [0.2, 0.25) is 0 Å². The summed E-state index contributed by atoms with van der Waals surface area (Å²) in [5, 5.41) is 24.4. The van der Waals surface area contributed by atoms with E-state index in [-0.39, 0.29) is 18.6 Å². The zero-order valence-corrected chi connectivity index (χ0v) is 20.0. The Morgan fingerprint density at radius 2 is 2.17 bits per heavy atom. The van der Waals surface area contributed by atoms with Crippen molar-refractivity contribution in [2.24, 2.45) is 5.11 Å². The van der Waals surface area contributed by atoms with Gasteiger partial charge in [0.05, 0.1) is 19.3 Å². The zero-order chi connectivity index (χ0) is 25.4. The Labute approximate surface area is 203 Å². The van der Waals surface area contributed by atoms with Crippen molar-refractivity contribution in [2.45, 2.75) is 36.7 Å². The van der Waals surface area contributed by atoms with E-state index in [2.05, 4.69) is 26.0 Å². The first-order chi connectivity index (χ1) is 16.6. The number of H-pyrrole nitrogens is 1. The number of aliphatic hydroxyl groups is 2. The van der Waals surface area contributed by atoms with Crippen molar-refractivity contribution in [3.8, 4) is 0 Å². The van der Waals surface area contributed by atoms with Crippen molar-refractivity contribution >= 4 is 23.8 Å². The minimum atomic E-state index is -4.39. The van der Waals surface area contributed by atoms with Crippen molar-refractivity contribution < 1.29 is 37.5 Å². The molecule has 2 unspecified atom stereocenters. The van der Waals surface area contributed by atoms with Crippen molar-refractivity contribution in [2.75, 3.05) is 13.2 Å². The van der Waals surface area contributed by atoms with Crippen molar-refractivity contribution in [1.29, 1.82) is 0 Å². The lowest BCUT2D eigenvalue weighted by Crippen LogP contribution is -2.45. The minimum absolute atomic E-state index is 0.107. The van der Waals surface area contributed by atoms with Crippen LogP contribution in [0.1, 0.15) is 24.3 Å². The van der Waals surface area contributed by atoms with E-state index in [0.29, 0.717) is 4.47 Å². The maximum Gasteiger partial charge on any atom is 0.475 e. The molecule has 3 heterocycles. The normalized spacial score (nSPS) is 32.8. The highest BCUT2D eigenvalue weighted by atomic mass is 79.9. The average Bonchev–Trinajstić information content (AvgIpc) is 3.04. The highest BCUT2D eigenvalue weighted by molar-refractivity contribution is 9.10. The Kier molecular flexibility index (Phi) is 7.29. The number of nitrogens with zero attached hydrogens (tertiary/aromatic N) is 4. The third kappa shape index (κ3) is 5.11. The maximum atomic E-state index is 14.4. The molecular weight excluding hydrogens is 560 g/mol. The molecule has 0 bridgehead atoms. The molecule has 3 N–H and O–H groups in total. The number of benzene rings is 1. The van der Waals surface area contributed by atoms with E-state index in [0.717, 1.165) is 16.8 Å². The first-order valence-corrected chi connectivity index (χ1v) is 12.3. The Morgan fingerprint density at radius 1 is 1.40 bits per heavy atom. The molecular formula is C18H18BrFN5O9P. The van der Waals surface area contributed by atoms with Crippen LogP contribution in [0.4, 0.5) is 4.39 Å². The van der Waals surface area contributed by atoms with E-state index < -0.39 is 61.8 Å². The van der Waals surface area contributed by atoms with Crippen molar-refractivity contribution in [1.82, 2.24) is 9.55 Å². The minimum Gasteiger partial charge on any atom is -0.387 e. The molecule has 14 nitrogen and oxygen atoms in total. The molecule has 1 aromatic heterocycles. The second-order valence-corrected chi connectivity index (χ2v) is 10.1. The summed E-state index contributed by atoms with van der Waals surface area (Å²) in [5.41, 5.74) is 5.07. The fraction of sp³-hybridized carbons (Fsp3) is 0.444. The number of aromatic amines is 1. The van der Waals surface area contributed by atoms with Gasteiger partial charge >= 0.3 is 13.5 Å². The number of hydrogen-bond donors (Lipinski definition) is 3. The van der Waals surface area contributed by atoms with Crippen LogP contribution >= 0.6 is 23.8 Å². The number of aromatic nitrogens is 2. The number of rotatable bonds is 6. The predicted octanol–water partition coefficient (Wildman–Crippen LogP) is 2.00. The maximum absolute atomic E-state index is 14.4. The Morgan fingerprint density at radius 3 is 2.86 bits per heavy atom. The van der Waals surface area contributed by atoms with Crippen LogP contribution in [0.3, 0.4) is 0 Å². The van der Waals surface area contributed by atoms with Gasteiger partial charge in [-0.3, -0.25) is 27.9 Å². The lowest BCUT2D eigenvalue weighted by atomic mass is 10.1. The third-order valence-corrected chi connectivity index (χ3v) is 7.32. The number of phosphoric ester groups is 1. The fourth-order valence-electron chi connectivity index (χ4n) is 3.65. The van der Waals surface area contributed by atoms with Gasteiger partial charge in [-0.05, 0) is 17.7 Å². The summed E-state index contributed by atoms with van der Waals surface area (Å²) >= 11 is 3.14. The monoisotopic (exact) mass is 577 g/mol. The number of halogens is 2. The third-order valence-electron chi connectivity index (χ3n) is 5.37. The molecule has 2 fully saturated rings. The quantitative estimate of drug-likeness (QED) is 0.199. The van der Waals surface area contributed by atoms with E-state index in [1.54, 1.807) is 6.07 Å². The molecule has 6 atom stereocenters. The number of phosphoric acid groups is 1. The van der Waals surface area contributed by atoms with Gasteiger partial charge < -0.3 is 14.9 Å². The summed E-state index contributed by atoms with van der Waals surface area (Å²) in [6.07, 6.45) is -5.23. The lowest BCUT2D eigenvalue weighted by molar-refractivity contribution is -0.127. The van der Waals surface area contributed by atoms with Gasteiger partial charge in [-0.15, -0.1) is 0 Å². The van der Waals surface area contributed by atoms with Crippen LogP contribution in [-0.2, 0) is 22.9 Å². The summed E-state index contributed by atoms with van der Waals surface area (Å²) in [5.74, 6) is -0.616. The molecule has 1 aromatic carbocycles. The van der Waals surface area contributed by atoms with Crippen LogP contribution in [0, 0.1) is 5.82 Å². The number of ether oxygens (including phenoxy) is 1. The molecule has 35 heavy (non-hydrogen) atoms. The molecule has 0 aliphatic carbocycles. The van der Waals surface area contributed by atoms with Crippen LogP contribution in [0.25, 0.3) is 10.4 Å². The standard InChI is InChI=1S/C18H18BrFN5O9P/c19-9-1-2-10(11(20)7-9)12-4-6-31-35(30,34-12)32-8-18(23-24-21)15(28)14(27)16(33-18)25-5-3-13(26)22-17(25)29/h1-3,5,7,12,14-16,27-28H,4,6,8H2,(H,22,26,29)/t12-,14+,15-,16?,18+,35?/m0/s1. The molecule has 4 rings (SSSR count). The fourth-order valence-corrected chi connectivity index (χ4v) is 5.38. The largest absolute Gasteiger partial charge is 0.475 e. The van der Waals surface area contributed by atoms with E-state index >= 15 is 0 Å². The Bertz CT molecular complexity index is 1330. The van der Waals surface area contributed by atoms with Gasteiger partial charge in [0.15, 0.2) is 6.23 Å². The molecule has 0 spiro atoms. The van der Waals surface area contributed by atoms with E-state index in [4.69, 9.17) is 23.8 Å². The summed E-state index contributed by atoms with van der Waals surface area (Å²) in [6, 6.07) is 5.19. The van der Waals surface area contributed by atoms with E-state index in [9.17, 15) is 28.8 Å². The van der Waals surface area contributed by atoms with E-state index in [1.807, 2.05) is 4.98 Å². The van der Waals surface area contributed by atoms with Gasteiger partial charge in [0.1, 0.15) is 18.0 Å². The van der Waals surface area contributed by atoms with Gasteiger partial charge in [-0.25, -0.2) is 13.8 Å². The highest BCUT2D eigenvalue weighted by Gasteiger charge is 2.56. The molecule has 0 radical (unpaired) electrons. The summed E-state index contributed by atoms with van der Waals surface area (Å²) in [6.45, 7) is -1.07. The molecule has 2 aliphatic heterocycles. The Hall–Kier alpha value is -2.39. The summed E-state index contributed by atoms with van der Waals surface area (Å²) in [7, 11) is -4.39. The average molecular weight is 578 g/mol. The summed E-state index contributed by atoms with van der Waals surface area (Å²) in [4.78, 5) is 28.0.